The third-order valence-corrected chi connectivity index (χ3v) is 6.76. The Morgan fingerprint density at radius 3 is 2.95 bits per heavy atom. The summed E-state index contributed by atoms with van der Waals surface area (Å²) < 4.78 is 5.93. The second kappa shape index (κ2) is 5.43. The number of rotatable bonds is 3. The molecule has 0 heterocycles. The van der Waals surface area contributed by atoms with Gasteiger partial charge < -0.3 is 4.74 Å². The lowest BCUT2D eigenvalue weighted by atomic mass is 9.55. The molecule has 0 N–H and O–H groups in total. The van der Waals surface area contributed by atoms with Crippen LogP contribution in [0.25, 0.3) is 0 Å². The summed E-state index contributed by atoms with van der Waals surface area (Å²) in [5.41, 5.74) is 3.85. The van der Waals surface area contributed by atoms with Crippen LogP contribution in [0.15, 0.2) is 24.3 Å². The van der Waals surface area contributed by atoms with Gasteiger partial charge in [0.15, 0.2) is 0 Å². The fourth-order valence-electron chi connectivity index (χ4n) is 5.87. The summed E-state index contributed by atoms with van der Waals surface area (Å²) in [4.78, 5) is 0. The van der Waals surface area contributed by atoms with Crippen molar-refractivity contribution in [1.29, 1.82) is 0 Å². The first-order valence-electron chi connectivity index (χ1n) is 8.99. The Balaban J connectivity index is 1.63. The molecule has 0 saturated heterocycles. The molecule has 21 heavy (non-hydrogen) atoms. The molecular formula is C20H28O. The maximum absolute atomic E-state index is 5.93. The Labute approximate surface area is 129 Å². The molecule has 0 unspecified atom stereocenters. The Bertz CT molecular complexity index is 508. The second-order valence-corrected chi connectivity index (χ2v) is 7.54. The van der Waals surface area contributed by atoms with Crippen LogP contribution in [0.3, 0.4) is 0 Å². The van der Waals surface area contributed by atoms with Gasteiger partial charge in [0.1, 0.15) is 0 Å². The molecule has 2 fully saturated rings. The van der Waals surface area contributed by atoms with E-state index in [1.54, 1.807) is 11.1 Å². The molecule has 0 aromatic heterocycles. The number of benzene rings is 1. The van der Waals surface area contributed by atoms with Crippen LogP contribution in [-0.4, -0.2) is 13.2 Å². The van der Waals surface area contributed by atoms with Crippen LogP contribution in [0.5, 0.6) is 0 Å². The average Bonchev–Trinajstić information content (AvgIpc) is 2.97. The number of hydrogen-bond donors (Lipinski definition) is 0. The summed E-state index contributed by atoms with van der Waals surface area (Å²) in [5, 5.41) is 0. The van der Waals surface area contributed by atoms with E-state index in [1.165, 1.54) is 44.9 Å². The van der Waals surface area contributed by atoms with Crippen LogP contribution in [0.2, 0.25) is 0 Å². The predicted molar refractivity (Wildman–Crippen MR) is 86.5 cm³/mol. The SMILES string of the molecule is CCOC[C@@]12CCC[C@H]1[C@@H]1CCc3ccccc3[C@H]1CC2. The average molecular weight is 284 g/mol. The van der Waals surface area contributed by atoms with Crippen molar-refractivity contribution in [2.24, 2.45) is 17.3 Å². The summed E-state index contributed by atoms with van der Waals surface area (Å²) in [6, 6.07) is 9.24. The lowest BCUT2D eigenvalue weighted by Gasteiger charge is -2.50. The summed E-state index contributed by atoms with van der Waals surface area (Å²) >= 11 is 0. The summed E-state index contributed by atoms with van der Waals surface area (Å²) in [5.74, 6) is 2.69. The Morgan fingerprint density at radius 1 is 1.14 bits per heavy atom. The van der Waals surface area contributed by atoms with Gasteiger partial charge in [-0.3, -0.25) is 0 Å². The fourth-order valence-corrected chi connectivity index (χ4v) is 5.87. The van der Waals surface area contributed by atoms with E-state index in [0.717, 1.165) is 31.0 Å². The highest BCUT2D eigenvalue weighted by atomic mass is 16.5. The van der Waals surface area contributed by atoms with Crippen LogP contribution >= 0.6 is 0 Å². The topological polar surface area (TPSA) is 9.23 Å². The minimum absolute atomic E-state index is 0.531. The van der Waals surface area contributed by atoms with Crippen molar-refractivity contribution in [2.45, 2.75) is 57.8 Å². The van der Waals surface area contributed by atoms with Crippen LogP contribution in [0, 0.1) is 17.3 Å². The molecule has 1 aromatic carbocycles. The largest absolute Gasteiger partial charge is 0.381 e. The first-order valence-corrected chi connectivity index (χ1v) is 8.99. The van der Waals surface area contributed by atoms with E-state index in [0.29, 0.717) is 5.41 Å². The fraction of sp³-hybridized carbons (Fsp3) is 0.700. The van der Waals surface area contributed by atoms with Gasteiger partial charge >= 0.3 is 0 Å². The van der Waals surface area contributed by atoms with Gasteiger partial charge in [0.2, 0.25) is 0 Å². The quantitative estimate of drug-likeness (QED) is 0.763. The zero-order chi connectivity index (χ0) is 14.3. The van der Waals surface area contributed by atoms with E-state index in [1.807, 2.05) is 0 Å². The van der Waals surface area contributed by atoms with Gasteiger partial charge in [0, 0.05) is 6.61 Å². The number of aryl methyl sites for hydroxylation is 1. The predicted octanol–water partition coefficient (Wildman–Crippen LogP) is 4.95. The molecule has 4 rings (SSSR count). The number of fused-ring (bicyclic) bond motifs is 5. The molecule has 114 valence electrons. The summed E-state index contributed by atoms with van der Waals surface area (Å²) in [6.45, 7) is 4.05. The van der Waals surface area contributed by atoms with Gasteiger partial charge in [-0.05, 0) is 79.7 Å². The molecule has 0 radical (unpaired) electrons. The van der Waals surface area contributed by atoms with Crippen LogP contribution in [0.1, 0.15) is 62.5 Å². The van der Waals surface area contributed by atoms with Gasteiger partial charge in [-0.2, -0.15) is 0 Å². The molecule has 2 saturated carbocycles. The third-order valence-electron chi connectivity index (χ3n) is 6.76. The first-order chi connectivity index (χ1) is 10.3. The Hall–Kier alpha value is -0.820. The van der Waals surface area contributed by atoms with Gasteiger partial charge in [-0.15, -0.1) is 0 Å². The molecule has 3 aliphatic rings. The first kappa shape index (κ1) is 13.8. The third kappa shape index (κ3) is 2.16. The van der Waals surface area contributed by atoms with Crippen LogP contribution in [0.4, 0.5) is 0 Å². The number of hydrogen-bond acceptors (Lipinski definition) is 1. The van der Waals surface area contributed by atoms with E-state index in [-0.39, 0.29) is 0 Å². The minimum Gasteiger partial charge on any atom is -0.381 e. The van der Waals surface area contributed by atoms with Crippen LogP contribution < -0.4 is 0 Å². The Kier molecular flexibility index (Phi) is 3.57. The zero-order valence-corrected chi connectivity index (χ0v) is 13.3. The highest BCUT2D eigenvalue weighted by molar-refractivity contribution is 5.34. The highest BCUT2D eigenvalue weighted by Gasteiger charge is 2.52. The van der Waals surface area contributed by atoms with E-state index in [2.05, 4.69) is 31.2 Å². The van der Waals surface area contributed by atoms with Gasteiger partial charge in [-0.1, -0.05) is 30.7 Å². The summed E-state index contributed by atoms with van der Waals surface area (Å²) in [6.07, 6.45) is 9.82. The van der Waals surface area contributed by atoms with Crippen molar-refractivity contribution in [3.63, 3.8) is 0 Å². The summed E-state index contributed by atoms with van der Waals surface area (Å²) in [7, 11) is 0. The second-order valence-electron chi connectivity index (χ2n) is 7.54. The van der Waals surface area contributed by atoms with E-state index < -0.39 is 0 Å². The molecule has 3 aliphatic carbocycles. The molecule has 0 spiro atoms. The minimum atomic E-state index is 0.531. The van der Waals surface area contributed by atoms with Crippen molar-refractivity contribution in [1.82, 2.24) is 0 Å². The molecule has 0 bridgehead atoms. The van der Waals surface area contributed by atoms with Crippen molar-refractivity contribution < 1.29 is 4.74 Å². The zero-order valence-electron chi connectivity index (χ0n) is 13.3. The molecule has 1 aromatic rings. The molecule has 1 nitrogen and oxygen atoms in total. The van der Waals surface area contributed by atoms with Crippen molar-refractivity contribution in [3.8, 4) is 0 Å². The normalized spacial score (nSPS) is 37.7. The van der Waals surface area contributed by atoms with Gasteiger partial charge in [-0.25, -0.2) is 0 Å². The van der Waals surface area contributed by atoms with Gasteiger partial charge in [0.25, 0.3) is 0 Å². The van der Waals surface area contributed by atoms with E-state index in [4.69, 9.17) is 4.74 Å². The molecule has 0 aliphatic heterocycles. The highest BCUT2D eigenvalue weighted by Crippen LogP contribution is 2.61. The lowest BCUT2D eigenvalue weighted by molar-refractivity contribution is -0.0325. The molecular weight excluding hydrogens is 256 g/mol. The monoisotopic (exact) mass is 284 g/mol. The Morgan fingerprint density at radius 2 is 2.05 bits per heavy atom. The van der Waals surface area contributed by atoms with Gasteiger partial charge in [0.05, 0.1) is 6.61 Å². The van der Waals surface area contributed by atoms with Crippen LogP contribution in [-0.2, 0) is 11.2 Å². The standard InChI is InChI=1S/C20H28O/c1-2-21-14-20-12-5-8-19(20)18-10-9-15-6-3-4-7-16(15)17(18)11-13-20/h3-4,6-7,17-19H,2,5,8-14H2,1H3/t17-,18-,19+,20+/m1/s1. The van der Waals surface area contributed by atoms with E-state index in [9.17, 15) is 0 Å². The molecule has 0 amide bonds. The van der Waals surface area contributed by atoms with Crippen molar-refractivity contribution >= 4 is 0 Å². The van der Waals surface area contributed by atoms with Crippen molar-refractivity contribution in [3.05, 3.63) is 35.4 Å². The maximum atomic E-state index is 5.93. The molecule has 1 heteroatoms. The molecule has 4 atom stereocenters. The van der Waals surface area contributed by atoms with E-state index >= 15 is 0 Å². The van der Waals surface area contributed by atoms with Crippen molar-refractivity contribution in [2.75, 3.05) is 13.2 Å². The lowest BCUT2D eigenvalue weighted by Crippen LogP contribution is -2.43. The number of ether oxygens (including phenoxy) is 1. The maximum Gasteiger partial charge on any atom is 0.0525 e. The smallest absolute Gasteiger partial charge is 0.0525 e.